The lowest BCUT2D eigenvalue weighted by molar-refractivity contribution is 0.0580. The highest BCUT2D eigenvalue weighted by atomic mass is 16.5. The van der Waals surface area contributed by atoms with Crippen molar-refractivity contribution in [2.24, 2.45) is 5.92 Å². The van der Waals surface area contributed by atoms with Crippen LogP contribution < -0.4 is 4.74 Å². The van der Waals surface area contributed by atoms with Crippen LogP contribution in [0.1, 0.15) is 62.7 Å². The van der Waals surface area contributed by atoms with E-state index in [4.69, 9.17) is 9.84 Å². The number of ether oxygens (including phenoxy) is 1. The first-order chi connectivity index (χ1) is 11.7. The van der Waals surface area contributed by atoms with E-state index < -0.39 is 5.97 Å². The molecule has 2 aliphatic rings. The maximum atomic E-state index is 10.4. The van der Waals surface area contributed by atoms with Gasteiger partial charge < -0.3 is 14.7 Å². The third-order valence-corrected chi connectivity index (χ3v) is 5.17. The van der Waals surface area contributed by atoms with Gasteiger partial charge in [0.1, 0.15) is 5.75 Å². The van der Waals surface area contributed by atoms with E-state index in [1.807, 2.05) is 6.92 Å². The summed E-state index contributed by atoms with van der Waals surface area (Å²) in [6, 6.07) is 7.30. The minimum absolute atomic E-state index is 0.276. The molecule has 4 nitrogen and oxygen atoms in total. The number of carboxylic acids is 1. The Morgan fingerprint density at radius 2 is 1.83 bits per heavy atom. The zero-order chi connectivity index (χ0) is 17.4. The molecule has 24 heavy (non-hydrogen) atoms. The molecule has 0 radical (unpaired) electrons. The number of benzene rings is 1. The third-order valence-electron chi connectivity index (χ3n) is 5.17. The number of hydrogen-bond donors (Lipinski definition) is 1. The van der Waals surface area contributed by atoms with Crippen LogP contribution in [-0.4, -0.2) is 41.7 Å². The first-order valence-electron chi connectivity index (χ1n) is 9.35. The summed E-state index contributed by atoms with van der Waals surface area (Å²) in [6.07, 6.45) is 8.77. The molecule has 2 saturated heterocycles. The average molecular weight is 333 g/mol. The van der Waals surface area contributed by atoms with E-state index in [1.54, 1.807) is 12.1 Å². The number of rotatable bonds is 4. The van der Waals surface area contributed by atoms with Gasteiger partial charge in [0, 0.05) is 6.04 Å². The van der Waals surface area contributed by atoms with Gasteiger partial charge in [-0.05, 0) is 75.9 Å². The second-order valence-electron chi connectivity index (χ2n) is 6.67. The number of hydrogen-bond acceptors (Lipinski definition) is 3. The van der Waals surface area contributed by atoms with Crippen molar-refractivity contribution in [3.8, 4) is 5.75 Å². The topological polar surface area (TPSA) is 49.8 Å². The second kappa shape index (κ2) is 9.67. The lowest BCUT2D eigenvalue weighted by Gasteiger charge is -2.44. The SMILES string of the molecule is CCC1CCCN2CCCCC12.CCOc1ccc(C(=O)O)cc1. The Bertz CT molecular complexity index is 491. The highest BCUT2D eigenvalue weighted by Gasteiger charge is 2.31. The van der Waals surface area contributed by atoms with Crippen LogP contribution in [0, 0.1) is 5.92 Å². The monoisotopic (exact) mass is 333 g/mol. The molecule has 0 saturated carbocycles. The molecular formula is C20H31NO3. The highest BCUT2D eigenvalue weighted by Crippen LogP contribution is 2.32. The number of carbonyl (C=O) groups is 1. The Balaban J connectivity index is 0.000000174. The standard InChI is InChI=1S/C11H21N.C9H10O3/c1-2-10-6-5-9-12-8-4-3-7-11(10)12;1-2-12-8-5-3-7(4-6-8)9(10)11/h10-11H,2-9H2,1H3;3-6H,2H2,1H3,(H,10,11). The number of carboxylic acid groups (broad SMARTS) is 1. The lowest BCUT2D eigenvalue weighted by Crippen LogP contribution is -2.47. The van der Waals surface area contributed by atoms with Gasteiger partial charge in [-0.1, -0.05) is 19.8 Å². The van der Waals surface area contributed by atoms with Crippen molar-refractivity contribution in [2.45, 2.75) is 58.4 Å². The second-order valence-corrected chi connectivity index (χ2v) is 6.67. The number of fused-ring (bicyclic) bond motifs is 1. The Labute approximate surface area is 145 Å². The Hall–Kier alpha value is -1.55. The highest BCUT2D eigenvalue weighted by molar-refractivity contribution is 5.87. The average Bonchev–Trinajstić information content (AvgIpc) is 2.62. The van der Waals surface area contributed by atoms with Gasteiger partial charge in [0.15, 0.2) is 0 Å². The molecule has 4 heteroatoms. The van der Waals surface area contributed by atoms with Gasteiger partial charge in [-0.3, -0.25) is 0 Å². The van der Waals surface area contributed by atoms with E-state index in [9.17, 15) is 4.79 Å². The first-order valence-corrected chi connectivity index (χ1v) is 9.35. The first kappa shape index (κ1) is 18.8. The Kier molecular flexibility index (Phi) is 7.57. The van der Waals surface area contributed by atoms with Crippen molar-refractivity contribution in [1.82, 2.24) is 4.90 Å². The molecule has 0 aromatic heterocycles. The molecule has 1 N–H and O–H groups in total. The summed E-state index contributed by atoms with van der Waals surface area (Å²) in [5, 5.41) is 8.56. The largest absolute Gasteiger partial charge is 0.494 e. The molecule has 0 spiro atoms. The van der Waals surface area contributed by atoms with Gasteiger partial charge in [-0.15, -0.1) is 0 Å². The van der Waals surface area contributed by atoms with Gasteiger partial charge in [0.2, 0.25) is 0 Å². The van der Waals surface area contributed by atoms with E-state index in [2.05, 4.69) is 11.8 Å². The Morgan fingerprint density at radius 1 is 1.12 bits per heavy atom. The molecule has 2 fully saturated rings. The van der Waals surface area contributed by atoms with E-state index >= 15 is 0 Å². The van der Waals surface area contributed by atoms with Crippen LogP contribution in [0.3, 0.4) is 0 Å². The van der Waals surface area contributed by atoms with Crippen molar-refractivity contribution in [1.29, 1.82) is 0 Å². The summed E-state index contributed by atoms with van der Waals surface area (Å²) in [5.74, 6) is 0.805. The van der Waals surface area contributed by atoms with Crippen LogP contribution in [0.15, 0.2) is 24.3 Å². The fourth-order valence-corrected chi connectivity index (χ4v) is 3.91. The number of piperidine rings is 2. The van der Waals surface area contributed by atoms with Crippen molar-refractivity contribution in [3.63, 3.8) is 0 Å². The van der Waals surface area contributed by atoms with E-state index in [0.717, 1.165) is 12.0 Å². The minimum atomic E-state index is -0.918. The molecule has 134 valence electrons. The van der Waals surface area contributed by atoms with Gasteiger partial charge in [-0.25, -0.2) is 4.79 Å². The summed E-state index contributed by atoms with van der Waals surface area (Å²) < 4.78 is 5.15. The molecule has 0 amide bonds. The molecule has 1 aromatic rings. The van der Waals surface area contributed by atoms with Gasteiger partial charge in [0.25, 0.3) is 0 Å². The van der Waals surface area contributed by atoms with Crippen molar-refractivity contribution >= 4 is 5.97 Å². The molecule has 2 aliphatic heterocycles. The zero-order valence-corrected chi connectivity index (χ0v) is 15.0. The molecule has 2 unspecified atom stereocenters. The van der Waals surface area contributed by atoms with Crippen LogP contribution in [0.4, 0.5) is 0 Å². The zero-order valence-electron chi connectivity index (χ0n) is 15.0. The van der Waals surface area contributed by atoms with Crippen molar-refractivity contribution in [3.05, 3.63) is 29.8 Å². The summed E-state index contributed by atoms with van der Waals surface area (Å²) in [7, 11) is 0. The summed E-state index contributed by atoms with van der Waals surface area (Å²) in [4.78, 5) is 13.2. The van der Waals surface area contributed by atoms with Crippen LogP contribution in [-0.2, 0) is 0 Å². The molecule has 1 aromatic carbocycles. The maximum absolute atomic E-state index is 10.4. The third kappa shape index (κ3) is 5.23. The van der Waals surface area contributed by atoms with Crippen molar-refractivity contribution in [2.75, 3.05) is 19.7 Å². The fraction of sp³-hybridized carbons (Fsp3) is 0.650. The summed E-state index contributed by atoms with van der Waals surface area (Å²) in [6.45, 7) is 7.61. The van der Waals surface area contributed by atoms with E-state index in [1.165, 1.54) is 63.7 Å². The summed E-state index contributed by atoms with van der Waals surface area (Å²) >= 11 is 0. The van der Waals surface area contributed by atoms with Gasteiger partial charge >= 0.3 is 5.97 Å². The predicted octanol–water partition coefficient (Wildman–Crippen LogP) is 4.44. The molecule has 2 atom stereocenters. The van der Waals surface area contributed by atoms with E-state index in [-0.39, 0.29) is 5.56 Å². The van der Waals surface area contributed by atoms with Gasteiger partial charge in [-0.2, -0.15) is 0 Å². The lowest BCUT2D eigenvalue weighted by atomic mass is 9.82. The van der Waals surface area contributed by atoms with Gasteiger partial charge in [0.05, 0.1) is 12.2 Å². The predicted molar refractivity (Wildman–Crippen MR) is 96.8 cm³/mol. The van der Waals surface area contributed by atoms with E-state index in [0.29, 0.717) is 12.4 Å². The fourth-order valence-electron chi connectivity index (χ4n) is 3.91. The molecule has 3 rings (SSSR count). The number of aromatic carboxylic acids is 1. The normalized spacial score (nSPS) is 23.6. The number of nitrogens with zero attached hydrogens (tertiary/aromatic N) is 1. The molecule has 0 bridgehead atoms. The van der Waals surface area contributed by atoms with Crippen molar-refractivity contribution < 1.29 is 14.6 Å². The summed E-state index contributed by atoms with van der Waals surface area (Å²) in [5.41, 5.74) is 0.276. The minimum Gasteiger partial charge on any atom is -0.494 e. The van der Waals surface area contributed by atoms with Crippen LogP contribution >= 0.6 is 0 Å². The van der Waals surface area contributed by atoms with Crippen LogP contribution in [0.5, 0.6) is 5.75 Å². The quantitative estimate of drug-likeness (QED) is 0.885. The molecule has 0 aliphatic carbocycles. The molecule has 2 heterocycles. The van der Waals surface area contributed by atoms with Crippen LogP contribution in [0.25, 0.3) is 0 Å². The smallest absolute Gasteiger partial charge is 0.335 e. The van der Waals surface area contributed by atoms with Crippen LogP contribution in [0.2, 0.25) is 0 Å². The Morgan fingerprint density at radius 3 is 2.46 bits per heavy atom. The molecular weight excluding hydrogens is 302 g/mol. The maximum Gasteiger partial charge on any atom is 0.335 e.